The molecule has 0 unspecified atom stereocenters. The van der Waals surface area contributed by atoms with Gasteiger partial charge in [0.2, 0.25) is 5.43 Å². The van der Waals surface area contributed by atoms with Crippen LogP contribution < -0.4 is 15.5 Å². The Hall–Kier alpha value is -3.68. The van der Waals surface area contributed by atoms with Crippen LogP contribution in [-0.2, 0) is 7.05 Å². The Bertz CT molecular complexity index is 1130. The summed E-state index contributed by atoms with van der Waals surface area (Å²) in [4.78, 5) is 35.8. The van der Waals surface area contributed by atoms with Gasteiger partial charge in [-0.05, 0) is 36.8 Å². The average molecular weight is 367 g/mol. The summed E-state index contributed by atoms with van der Waals surface area (Å²) in [5, 5.41) is 13.8. The zero-order valence-electron chi connectivity index (χ0n) is 15.0. The third kappa shape index (κ3) is 3.37. The van der Waals surface area contributed by atoms with E-state index in [0.717, 1.165) is 0 Å². The van der Waals surface area contributed by atoms with Crippen molar-refractivity contribution in [2.75, 3.05) is 12.4 Å². The summed E-state index contributed by atoms with van der Waals surface area (Å²) >= 11 is 0. The van der Waals surface area contributed by atoms with E-state index in [-0.39, 0.29) is 11.3 Å². The first-order chi connectivity index (χ1) is 12.8. The number of ether oxygens (including phenoxy) is 1. The van der Waals surface area contributed by atoms with E-state index in [9.17, 15) is 19.7 Å². The molecule has 0 bridgehead atoms. The predicted octanol–water partition coefficient (Wildman–Crippen LogP) is 3.02. The quantitative estimate of drug-likeness (QED) is 0.564. The van der Waals surface area contributed by atoms with Gasteiger partial charge < -0.3 is 14.6 Å². The van der Waals surface area contributed by atoms with Gasteiger partial charge in [0.25, 0.3) is 11.6 Å². The van der Waals surface area contributed by atoms with Crippen molar-refractivity contribution < 1.29 is 14.5 Å². The maximum atomic E-state index is 12.8. The molecule has 1 amide bonds. The summed E-state index contributed by atoms with van der Waals surface area (Å²) in [5.41, 5.74) is 1.08. The van der Waals surface area contributed by atoms with Gasteiger partial charge >= 0.3 is 0 Å². The van der Waals surface area contributed by atoms with Gasteiger partial charge in [0, 0.05) is 31.1 Å². The van der Waals surface area contributed by atoms with Crippen molar-refractivity contribution in [3.05, 3.63) is 74.1 Å². The minimum absolute atomic E-state index is 0.0315. The normalized spacial score (nSPS) is 10.6. The summed E-state index contributed by atoms with van der Waals surface area (Å²) in [7, 11) is 3.24. The maximum absolute atomic E-state index is 12.8. The molecule has 0 aliphatic rings. The highest BCUT2D eigenvalue weighted by molar-refractivity contribution is 6.06. The Kier molecular flexibility index (Phi) is 4.64. The third-order valence-corrected chi connectivity index (χ3v) is 4.31. The fourth-order valence-electron chi connectivity index (χ4n) is 2.85. The number of carbonyl (C=O) groups is 1. The van der Waals surface area contributed by atoms with E-state index in [0.29, 0.717) is 27.9 Å². The van der Waals surface area contributed by atoms with Crippen molar-refractivity contribution in [1.29, 1.82) is 0 Å². The van der Waals surface area contributed by atoms with Crippen molar-refractivity contribution in [3.63, 3.8) is 0 Å². The summed E-state index contributed by atoms with van der Waals surface area (Å²) in [5.74, 6) is -0.0688. The number of hydrogen-bond donors (Lipinski definition) is 1. The molecule has 8 heteroatoms. The molecule has 0 spiro atoms. The van der Waals surface area contributed by atoms with Crippen LogP contribution in [0.25, 0.3) is 10.9 Å². The number of hydrogen-bond acceptors (Lipinski definition) is 5. The van der Waals surface area contributed by atoms with Crippen LogP contribution in [0.5, 0.6) is 5.75 Å². The number of methoxy groups -OCH3 is 1. The van der Waals surface area contributed by atoms with Crippen LogP contribution >= 0.6 is 0 Å². The van der Waals surface area contributed by atoms with E-state index in [1.165, 1.54) is 31.5 Å². The third-order valence-electron chi connectivity index (χ3n) is 4.31. The first-order valence-corrected chi connectivity index (χ1v) is 8.05. The van der Waals surface area contributed by atoms with Gasteiger partial charge in [0.15, 0.2) is 0 Å². The molecule has 0 fully saturated rings. The van der Waals surface area contributed by atoms with Crippen molar-refractivity contribution in [2.45, 2.75) is 6.92 Å². The van der Waals surface area contributed by atoms with E-state index in [1.54, 1.807) is 36.7 Å². The summed E-state index contributed by atoms with van der Waals surface area (Å²) in [6.45, 7) is 1.64. The van der Waals surface area contributed by atoms with Crippen LogP contribution in [0.3, 0.4) is 0 Å². The van der Waals surface area contributed by atoms with Crippen molar-refractivity contribution in [1.82, 2.24) is 4.57 Å². The number of pyridine rings is 1. The minimum atomic E-state index is -0.586. The number of amides is 1. The molecule has 1 heterocycles. The largest absolute Gasteiger partial charge is 0.497 e. The fraction of sp³-hybridized carbons (Fsp3) is 0.158. The molecule has 0 saturated heterocycles. The number of fused-ring (bicyclic) bond motifs is 1. The van der Waals surface area contributed by atoms with Gasteiger partial charge in [-0.1, -0.05) is 0 Å². The Labute approximate surface area is 154 Å². The molecule has 1 N–H and O–H groups in total. The number of benzene rings is 2. The number of aromatic nitrogens is 1. The first kappa shape index (κ1) is 18.1. The molecule has 1 aromatic heterocycles. The van der Waals surface area contributed by atoms with Gasteiger partial charge in [0.05, 0.1) is 22.9 Å². The number of non-ortho nitro benzene ring substituents is 1. The Morgan fingerprint density at radius 1 is 1.22 bits per heavy atom. The van der Waals surface area contributed by atoms with E-state index < -0.39 is 16.3 Å². The number of anilines is 1. The molecule has 2 aromatic carbocycles. The lowest BCUT2D eigenvalue weighted by Crippen LogP contribution is -2.23. The molecule has 0 radical (unpaired) electrons. The first-order valence-electron chi connectivity index (χ1n) is 8.05. The second-order valence-corrected chi connectivity index (χ2v) is 6.08. The highest BCUT2D eigenvalue weighted by Gasteiger charge is 2.17. The van der Waals surface area contributed by atoms with Crippen molar-refractivity contribution >= 4 is 28.2 Å². The molecule has 0 aliphatic carbocycles. The number of nitrogens with one attached hydrogen (secondary N) is 1. The summed E-state index contributed by atoms with van der Waals surface area (Å²) in [6, 6.07) is 9.18. The summed E-state index contributed by atoms with van der Waals surface area (Å²) < 4.78 is 6.84. The zero-order chi connectivity index (χ0) is 19.7. The van der Waals surface area contributed by atoms with Crippen molar-refractivity contribution in [2.24, 2.45) is 7.05 Å². The van der Waals surface area contributed by atoms with Crippen LogP contribution in [0, 0.1) is 17.0 Å². The van der Waals surface area contributed by atoms with Gasteiger partial charge in [-0.25, -0.2) is 0 Å². The lowest BCUT2D eigenvalue weighted by Gasteiger charge is -2.11. The number of carbonyl (C=O) groups excluding carboxylic acids is 1. The molecule has 0 saturated carbocycles. The van der Waals surface area contributed by atoms with Crippen molar-refractivity contribution in [3.8, 4) is 5.75 Å². The zero-order valence-corrected chi connectivity index (χ0v) is 15.0. The van der Waals surface area contributed by atoms with E-state index in [1.807, 2.05) is 0 Å². The smallest absolute Gasteiger partial charge is 0.269 e. The fourth-order valence-corrected chi connectivity index (χ4v) is 2.85. The minimum Gasteiger partial charge on any atom is -0.497 e. The van der Waals surface area contributed by atoms with E-state index in [2.05, 4.69) is 5.32 Å². The number of nitrogens with zero attached hydrogens (tertiary/aromatic N) is 2. The molecule has 3 aromatic rings. The van der Waals surface area contributed by atoms with E-state index >= 15 is 0 Å². The van der Waals surface area contributed by atoms with Crippen LogP contribution in [-0.4, -0.2) is 22.5 Å². The number of rotatable bonds is 4. The van der Waals surface area contributed by atoms with Gasteiger partial charge in [0.1, 0.15) is 11.3 Å². The maximum Gasteiger partial charge on any atom is 0.269 e. The average Bonchev–Trinajstić information content (AvgIpc) is 2.65. The van der Waals surface area contributed by atoms with Crippen LogP contribution in [0.1, 0.15) is 15.9 Å². The topological polar surface area (TPSA) is 103 Å². The molecule has 8 nitrogen and oxygen atoms in total. The second kappa shape index (κ2) is 6.91. The number of aryl methyl sites for hydroxylation is 2. The monoisotopic (exact) mass is 367 g/mol. The number of nitro benzene ring substituents is 1. The molecular formula is C19H17N3O5. The Balaban J connectivity index is 2.02. The molecule has 138 valence electrons. The van der Waals surface area contributed by atoms with Gasteiger partial charge in [-0.15, -0.1) is 0 Å². The molecule has 3 rings (SSSR count). The second-order valence-electron chi connectivity index (χ2n) is 6.08. The molecule has 27 heavy (non-hydrogen) atoms. The van der Waals surface area contributed by atoms with Gasteiger partial charge in [-0.2, -0.15) is 0 Å². The van der Waals surface area contributed by atoms with Gasteiger partial charge in [-0.3, -0.25) is 19.7 Å². The number of nitro groups is 1. The lowest BCUT2D eigenvalue weighted by molar-refractivity contribution is -0.384. The van der Waals surface area contributed by atoms with E-state index in [4.69, 9.17) is 4.74 Å². The van der Waals surface area contributed by atoms with Crippen LogP contribution in [0.15, 0.2) is 47.4 Å². The Morgan fingerprint density at radius 2 is 1.96 bits per heavy atom. The van der Waals surface area contributed by atoms with Crippen LogP contribution in [0.4, 0.5) is 11.4 Å². The lowest BCUT2D eigenvalue weighted by atomic mass is 10.1. The molecular weight excluding hydrogens is 350 g/mol. The van der Waals surface area contributed by atoms with Crippen LogP contribution in [0.2, 0.25) is 0 Å². The standard InChI is InChI=1S/C19H17N3O5/c1-11-8-12(22(25)26)4-6-16(11)20-19(24)15-10-21(2)17-7-5-13(27-3)9-14(17)18(15)23/h4-10H,1-3H3,(H,20,24). The molecule has 0 aliphatic heterocycles. The highest BCUT2D eigenvalue weighted by Crippen LogP contribution is 2.22. The SMILES string of the molecule is COc1ccc2c(c1)c(=O)c(C(=O)Nc1ccc([N+](=O)[O-])cc1C)cn2C. The predicted molar refractivity (Wildman–Crippen MR) is 102 cm³/mol. The molecule has 0 atom stereocenters. The highest BCUT2D eigenvalue weighted by atomic mass is 16.6. The Morgan fingerprint density at radius 3 is 2.59 bits per heavy atom. The summed E-state index contributed by atoms with van der Waals surface area (Å²) in [6.07, 6.45) is 1.47.